The quantitative estimate of drug-likeness (QED) is 0.0412. The Balaban J connectivity index is 1.36. The molecule has 3 unspecified atom stereocenters. The Morgan fingerprint density at radius 2 is 1.82 bits per heavy atom. The largest absolute Gasteiger partial charge is 0.492 e. The van der Waals surface area contributed by atoms with Gasteiger partial charge in [-0.25, -0.2) is 29.2 Å². The van der Waals surface area contributed by atoms with Gasteiger partial charge in [-0.2, -0.15) is 4.21 Å². The number of aryl methyl sites for hydroxylation is 1. The first-order chi connectivity index (χ1) is 27.0. The molecule has 1 amide bonds. The number of hydrogen-bond acceptors (Lipinski definition) is 12. The predicted octanol–water partition coefficient (Wildman–Crippen LogP) is 7.06. The lowest BCUT2D eigenvalue weighted by molar-refractivity contribution is -0.187. The van der Waals surface area contributed by atoms with Crippen LogP contribution < -0.4 is 23.1 Å². The van der Waals surface area contributed by atoms with E-state index in [1.165, 1.54) is 9.42 Å². The summed E-state index contributed by atoms with van der Waals surface area (Å²) >= 11 is -2.19. The Morgan fingerprint density at radius 1 is 1.09 bits per heavy atom. The van der Waals surface area contributed by atoms with Crippen molar-refractivity contribution in [1.82, 2.24) is 19.5 Å². The van der Waals surface area contributed by atoms with Crippen LogP contribution in [0.3, 0.4) is 0 Å². The summed E-state index contributed by atoms with van der Waals surface area (Å²) in [5.41, 5.74) is 1.18. The molecule has 0 bridgehead atoms. The molecule has 18 heteroatoms. The average Bonchev–Trinajstić information content (AvgIpc) is 3.72. The second-order valence-electron chi connectivity index (χ2n) is 13.7. The van der Waals surface area contributed by atoms with Crippen molar-refractivity contribution in [3.8, 4) is 34.5 Å². The number of carbonyl (C=O) groups excluding carboxylic acids is 2. The van der Waals surface area contributed by atoms with Crippen LogP contribution in [-0.4, -0.2) is 80.0 Å². The number of nitrogens with one attached hydrogen (secondary N) is 2. The summed E-state index contributed by atoms with van der Waals surface area (Å²) in [7, 11) is 0. The van der Waals surface area contributed by atoms with Crippen molar-refractivity contribution >= 4 is 40.4 Å². The number of H-pyrrole nitrogens is 1. The number of esters is 1. The fourth-order valence-corrected chi connectivity index (χ4v) is 7.80. The summed E-state index contributed by atoms with van der Waals surface area (Å²) < 4.78 is 51.8. The minimum atomic E-state index is -2.19. The molecule has 298 valence electrons. The standard InChI is InChI=1S/C38H44N6O11S/c1-7-50-28-11-9-26(21-27(28)42-56(48)55-30-20-22(2)8-10-29(30)51-16-17-52-47)34-40-35-31(37(45)53-33-24(4)18-23(3)19-25(33)5)32(39-6)36(44(35)41-34)54-38(46)43-12-14-49-15-13-43/h8-11,16-17,20-21,23-25,33,42,47H,7,12-15,18-19H2,1-5H3,(H,40,41)/b17-16+. The van der Waals surface area contributed by atoms with Crippen molar-refractivity contribution < 1.29 is 51.8 Å². The molecule has 4 aromatic rings. The number of aromatic amines is 1. The summed E-state index contributed by atoms with van der Waals surface area (Å²) in [5.74, 6) is 0.591. The summed E-state index contributed by atoms with van der Waals surface area (Å²) in [6, 6.07) is 9.92. The van der Waals surface area contributed by atoms with Gasteiger partial charge in [0.2, 0.25) is 5.88 Å². The van der Waals surface area contributed by atoms with Crippen molar-refractivity contribution in [3.05, 3.63) is 71.5 Å². The molecule has 3 atom stereocenters. The number of morpholine rings is 1. The molecule has 0 spiro atoms. The summed E-state index contributed by atoms with van der Waals surface area (Å²) in [5, 5.41) is 11.7. The van der Waals surface area contributed by atoms with Crippen LogP contribution in [0.1, 0.15) is 56.5 Å². The van der Waals surface area contributed by atoms with E-state index >= 15 is 0 Å². The third kappa shape index (κ3) is 8.85. The average molecular weight is 793 g/mol. The smallest absolute Gasteiger partial charge is 0.415 e. The number of benzene rings is 2. The molecule has 2 aromatic carbocycles. The normalized spacial score (nSPS) is 20.3. The zero-order valence-corrected chi connectivity index (χ0v) is 32.4. The van der Waals surface area contributed by atoms with E-state index in [-0.39, 0.29) is 63.7 Å². The highest BCUT2D eigenvalue weighted by Crippen LogP contribution is 2.42. The third-order valence-electron chi connectivity index (χ3n) is 9.52. The van der Waals surface area contributed by atoms with E-state index in [1.807, 2.05) is 20.8 Å². The first kappa shape index (κ1) is 39.9. The molecular formula is C38H44N6O11S. The molecule has 1 saturated heterocycles. The lowest BCUT2D eigenvalue weighted by Crippen LogP contribution is -2.42. The molecule has 2 fully saturated rings. The SMILES string of the molecule is [C-]#[N+]c1c(C(=O)OC2C(C)CC(C)CC2C)c2nc(-c3ccc(OCC)c(NS(=O)Oc4cc(C)ccc4O/C=C/OO)c3)[nH]n2c1OC(=O)N1CCOCC1. The molecule has 1 aliphatic heterocycles. The molecule has 0 radical (unpaired) electrons. The van der Waals surface area contributed by atoms with Crippen molar-refractivity contribution in [2.75, 3.05) is 37.6 Å². The van der Waals surface area contributed by atoms with E-state index in [1.54, 1.807) is 43.3 Å². The second kappa shape index (κ2) is 17.8. The maximum Gasteiger partial charge on any atom is 0.415 e. The van der Waals surface area contributed by atoms with Crippen LogP contribution in [0.4, 0.5) is 16.2 Å². The fraction of sp³-hybridized carbons (Fsp3) is 0.421. The van der Waals surface area contributed by atoms with E-state index in [4.69, 9.17) is 44.7 Å². The molecule has 56 heavy (non-hydrogen) atoms. The Morgan fingerprint density at radius 3 is 2.52 bits per heavy atom. The van der Waals surface area contributed by atoms with Gasteiger partial charge in [-0.05, 0) is 80.3 Å². The van der Waals surface area contributed by atoms with Gasteiger partial charge in [0.05, 0.1) is 32.1 Å². The molecule has 3 heterocycles. The van der Waals surface area contributed by atoms with Crippen molar-refractivity contribution in [1.29, 1.82) is 0 Å². The highest BCUT2D eigenvalue weighted by molar-refractivity contribution is 7.82. The number of rotatable bonds is 13. The number of aromatic nitrogens is 3. The van der Waals surface area contributed by atoms with Gasteiger partial charge < -0.3 is 37.7 Å². The van der Waals surface area contributed by atoms with Gasteiger partial charge in [-0.15, -0.1) is 0 Å². The van der Waals surface area contributed by atoms with Gasteiger partial charge >= 0.3 is 23.3 Å². The Kier molecular flexibility index (Phi) is 12.7. The lowest BCUT2D eigenvalue weighted by Gasteiger charge is -2.37. The van der Waals surface area contributed by atoms with E-state index in [2.05, 4.69) is 26.5 Å². The number of carbonyl (C=O) groups is 2. The lowest BCUT2D eigenvalue weighted by atomic mass is 9.75. The number of hydrogen-bond donors (Lipinski definition) is 3. The topological polar surface area (TPSA) is 189 Å². The van der Waals surface area contributed by atoms with Crippen LogP contribution in [0.15, 0.2) is 48.9 Å². The van der Waals surface area contributed by atoms with E-state index in [9.17, 15) is 13.8 Å². The minimum Gasteiger partial charge on any atom is -0.492 e. The van der Waals surface area contributed by atoms with Crippen LogP contribution in [-0.2, 0) is 25.6 Å². The van der Waals surface area contributed by atoms with Crippen LogP contribution in [0, 0.1) is 31.2 Å². The van der Waals surface area contributed by atoms with Gasteiger partial charge in [0.1, 0.15) is 23.7 Å². The zero-order chi connectivity index (χ0) is 39.9. The Labute approximate surface area is 325 Å². The summed E-state index contributed by atoms with van der Waals surface area (Å²) in [6.07, 6.45) is 2.65. The first-order valence-electron chi connectivity index (χ1n) is 18.1. The van der Waals surface area contributed by atoms with Crippen molar-refractivity contribution in [3.63, 3.8) is 0 Å². The number of fused-ring (bicyclic) bond motifs is 1. The summed E-state index contributed by atoms with van der Waals surface area (Å²) in [4.78, 5) is 41.1. The van der Waals surface area contributed by atoms with E-state index in [0.717, 1.165) is 30.9 Å². The van der Waals surface area contributed by atoms with Crippen LogP contribution in [0.5, 0.6) is 23.1 Å². The predicted molar refractivity (Wildman–Crippen MR) is 204 cm³/mol. The third-order valence-corrected chi connectivity index (χ3v) is 10.2. The van der Waals surface area contributed by atoms with E-state index < -0.39 is 23.3 Å². The van der Waals surface area contributed by atoms with Crippen LogP contribution in [0.25, 0.3) is 21.9 Å². The van der Waals surface area contributed by atoms with Crippen molar-refractivity contribution in [2.45, 2.75) is 53.6 Å². The van der Waals surface area contributed by atoms with Crippen molar-refractivity contribution in [2.24, 2.45) is 17.8 Å². The molecule has 2 aromatic heterocycles. The van der Waals surface area contributed by atoms with Crippen LogP contribution >= 0.6 is 0 Å². The molecule has 2 aliphatic rings. The number of anilines is 1. The fourth-order valence-electron chi connectivity index (χ4n) is 7.12. The number of nitrogens with zero attached hydrogens (tertiary/aromatic N) is 4. The molecule has 1 aliphatic carbocycles. The molecule has 17 nitrogen and oxygen atoms in total. The zero-order valence-electron chi connectivity index (χ0n) is 31.6. The molecule has 6 rings (SSSR count). The van der Waals surface area contributed by atoms with E-state index in [0.29, 0.717) is 50.1 Å². The Bertz CT molecular complexity index is 2140. The molecule has 3 N–H and O–H groups in total. The van der Waals surface area contributed by atoms with Gasteiger partial charge in [-0.1, -0.05) is 26.8 Å². The molecular weight excluding hydrogens is 749 g/mol. The number of amides is 1. The minimum absolute atomic E-state index is 0.0215. The van der Waals surface area contributed by atoms with Gasteiger partial charge in [0.15, 0.2) is 29.2 Å². The highest BCUT2D eigenvalue weighted by atomic mass is 32.2. The Hall–Kier alpha value is -5.77. The van der Waals surface area contributed by atoms with Crippen LogP contribution in [0.2, 0.25) is 0 Å². The monoisotopic (exact) mass is 792 g/mol. The summed E-state index contributed by atoms with van der Waals surface area (Å²) in [6.45, 7) is 19.5. The maximum atomic E-state index is 14.1. The highest BCUT2D eigenvalue weighted by Gasteiger charge is 2.38. The first-order valence-corrected chi connectivity index (χ1v) is 19.2. The van der Waals surface area contributed by atoms with Gasteiger partial charge in [-0.3, -0.25) is 9.82 Å². The second-order valence-corrected chi connectivity index (χ2v) is 14.6. The van der Waals surface area contributed by atoms with Gasteiger partial charge in [0.25, 0.3) is 5.69 Å². The maximum absolute atomic E-state index is 14.1. The molecule has 1 saturated carbocycles. The van der Waals surface area contributed by atoms with Gasteiger partial charge in [0, 0.05) is 18.7 Å². The number of ether oxygens (including phenoxy) is 5.